The maximum absolute atomic E-state index is 13.1. The lowest BCUT2D eigenvalue weighted by Crippen LogP contribution is -2.31. The average molecular weight is 343 g/mol. The van der Waals surface area contributed by atoms with Crippen molar-refractivity contribution >= 4 is 32.6 Å². The molecule has 1 fully saturated rings. The van der Waals surface area contributed by atoms with Gasteiger partial charge in [-0.05, 0) is 18.6 Å². The van der Waals surface area contributed by atoms with Gasteiger partial charge in [-0.2, -0.15) is 13.2 Å². The van der Waals surface area contributed by atoms with E-state index in [1.54, 1.807) is 25.1 Å². The summed E-state index contributed by atoms with van der Waals surface area (Å²) in [5.74, 6) is -0.0799. The van der Waals surface area contributed by atoms with Crippen LogP contribution in [0.15, 0.2) is 18.2 Å². The highest BCUT2D eigenvalue weighted by Gasteiger charge is 2.35. The molecule has 0 bridgehead atoms. The Hall–Kier alpha value is -1.83. The minimum atomic E-state index is -4.42. The van der Waals surface area contributed by atoms with E-state index in [1.165, 1.54) is 17.4 Å². The number of hydrogen-bond acceptors (Lipinski definition) is 4. The molecule has 0 radical (unpaired) electrons. The SMILES string of the molecule is CN(C)C(=O)C1CCN(c2nc3c(C(F)(F)F)cccc3s2)C1. The standard InChI is InChI=1S/C15H16F3N3OS/c1-20(2)13(22)9-6-7-21(8-9)14-19-12-10(15(16,17)18)4-3-5-11(12)23-14/h3-5,9H,6-8H2,1-2H3. The fourth-order valence-corrected chi connectivity index (χ4v) is 3.83. The summed E-state index contributed by atoms with van der Waals surface area (Å²) in [6.45, 7) is 1.13. The number of fused-ring (bicyclic) bond motifs is 1. The van der Waals surface area contributed by atoms with Gasteiger partial charge in [0.25, 0.3) is 0 Å². The fraction of sp³-hybridized carbons (Fsp3) is 0.467. The number of nitrogens with zero attached hydrogens (tertiary/aromatic N) is 3. The van der Waals surface area contributed by atoms with E-state index in [-0.39, 0.29) is 17.3 Å². The number of halogens is 3. The van der Waals surface area contributed by atoms with Gasteiger partial charge in [0, 0.05) is 27.2 Å². The minimum absolute atomic E-state index is 0.0117. The Morgan fingerprint density at radius 1 is 1.39 bits per heavy atom. The van der Waals surface area contributed by atoms with Crippen LogP contribution < -0.4 is 4.90 Å². The molecule has 8 heteroatoms. The smallest absolute Gasteiger partial charge is 0.349 e. The van der Waals surface area contributed by atoms with Gasteiger partial charge in [0.05, 0.1) is 21.7 Å². The Labute approximate surface area is 135 Å². The van der Waals surface area contributed by atoms with Gasteiger partial charge in [-0.25, -0.2) is 4.98 Å². The summed E-state index contributed by atoms with van der Waals surface area (Å²) in [6, 6.07) is 4.09. The van der Waals surface area contributed by atoms with Gasteiger partial charge in [-0.3, -0.25) is 4.79 Å². The lowest BCUT2D eigenvalue weighted by Gasteiger charge is -2.17. The van der Waals surface area contributed by atoms with Crippen LogP contribution in [0.4, 0.5) is 18.3 Å². The molecular weight excluding hydrogens is 327 g/mol. The molecule has 1 unspecified atom stereocenters. The van der Waals surface area contributed by atoms with Crippen LogP contribution in [0.1, 0.15) is 12.0 Å². The van der Waals surface area contributed by atoms with Gasteiger partial charge in [0.15, 0.2) is 5.13 Å². The molecule has 1 aromatic heterocycles. The molecule has 1 aliphatic heterocycles. The molecule has 1 aliphatic rings. The van der Waals surface area contributed by atoms with Crippen molar-refractivity contribution in [2.45, 2.75) is 12.6 Å². The molecule has 1 amide bonds. The van der Waals surface area contributed by atoms with Crippen LogP contribution in [0.5, 0.6) is 0 Å². The molecule has 23 heavy (non-hydrogen) atoms. The van der Waals surface area contributed by atoms with Crippen LogP contribution in [0.25, 0.3) is 10.2 Å². The van der Waals surface area contributed by atoms with Gasteiger partial charge >= 0.3 is 6.18 Å². The van der Waals surface area contributed by atoms with E-state index >= 15 is 0 Å². The Morgan fingerprint density at radius 3 is 2.78 bits per heavy atom. The van der Waals surface area contributed by atoms with Gasteiger partial charge < -0.3 is 9.80 Å². The molecule has 3 rings (SSSR count). The van der Waals surface area contributed by atoms with E-state index in [0.29, 0.717) is 29.3 Å². The highest BCUT2D eigenvalue weighted by molar-refractivity contribution is 7.22. The molecule has 1 atom stereocenters. The summed E-state index contributed by atoms with van der Waals surface area (Å²) < 4.78 is 39.7. The number of alkyl halides is 3. The third-order valence-corrected chi connectivity index (χ3v) is 5.04. The van der Waals surface area contributed by atoms with Crippen molar-refractivity contribution in [1.29, 1.82) is 0 Å². The van der Waals surface area contributed by atoms with Gasteiger partial charge in [0.1, 0.15) is 0 Å². The van der Waals surface area contributed by atoms with E-state index < -0.39 is 11.7 Å². The molecule has 0 spiro atoms. The molecule has 0 saturated carbocycles. The quantitative estimate of drug-likeness (QED) is 0.840. The molecule has 1 aromatic carbocycles. The first-order valence-corrected chi connectivity index (χ1v) is 8.02. The summed E-state index contributed by atoms with van der Waals surface area (Å²) in [6.07, 6.45) is -3.72. The fourth-order valence-electron chi connectivity index (χ4n) is 2.80. The zero-order valence-corrected chi connectivity index (χ0v) is 13.5. The Kier molecular flexibility index (Phi) is 3.95. The molecule has 124 valence electrons. The van der Waals surface area contributed by atoms with E-state index in [0.717, 1.165) is 6.07 Å². The second kappa shape index (κ2) is 5.67. The first kappa shape index (κ1) is 16.0. The molecular formula is C15H16F3N3OS. The van der Waals surface area contributed by atoms with E-state index in [1.807, 2.05) is 4.90 Å². The molecule has 2 heterocycles. The summed E-state index contributed by atoms with van der Waals surface area (Å²) in [7, 11) is 3.41. The van der Waals surface area contributed by atoms with Crippen molar-refractivity contribution in [3.63, 3.8) is 0 Å². The lowest BCUT2D eigenvalue weighted by atomic mass is 10.1. The third-order valence-electron chi connectivity index (χ3n) is 3.96. The molecule has 0 N–H and O–H groups in total. The highest BCUT2D eigenvalue weighted by Crippen LogP contribution is 2.39. The minimum Gasteiger partial charge on any atom is -0.349 e. The number of carbonyl (C=O) groups is 1. The number of aromatic nitrogens is 1. The van der Waals surface area contributed by atoms with Crippen LogP contribution in [0.2, 0.25) is 0 Å². The van der Waals surface area contributed by atoms with Crippen LogP contribution in [0.3, 0.4) is 0 Å². The van der Waals surface area contributed by atoms with Crippen molar-refractivity contribution in [1.82, 2.24) is 9.88 Å². The highest BCUT2D eigenvalue weighted by atomic mass is 32.1. The average Bonchev–Trinajstić information content (AvgIpc) is 3.11. The van der Waals surface area contributed by atoms with Crippen LogP contribution in [-0.4, -0.2) is 43.0 Å². The molecule has 4 nitrogen and oxygen atoms in total. The molecule has 2 aromatic rings. The number of carbonyl (C=O) groups excluding carboxylic acids is 1. The monoisotopic (exact) mass is 343 g/mol. The normalized spacial score (nSPS) is 18.7. The first-order chi connectivity index (χ1) is 10.8. The maximum Gasteiger partial charge on any atom is 0.418 e. The van der Waals surface area contributed by atoms with Crippen molar-refractivity contribution in [2.75, 3.05) is 32.1 Å². The van der Waals surface area contributed by atoms with Crippen LogP contribution in [0, 0.1) is 5.92 Å². The van der Waals surface area contributed by atoms with Crippen molar-refractivity contribution in [3.05, 3.63) is 23.8 Å². The van der Waals surface area contributed by atoms with Crippen molar-refractivity contribution < 1.29 is 18.0 Å². The number of amides is 1. The second-order valence-electron chi connectivity index (χ2n) is 5.81. The predicted molar refractivity (Wildman–Crippen MR) is 83.6 cm³/mol. The van der Waals surface area contributed by atoms with Crippen LogP contribution in [-0.2, 0) is 11.0 Å². The topological polar surface area (TPSA) is 36.4 Å². The van der Waals surface area contributed by atoms with E-state index in [4.69, 9.17) is 0 Å². The zero-order chi connectivity index (χ0) is 16.8. The molecule has 0 aliphatic carbocycles. The predicted octanol–water partition coefficient (Wildman–Crippen LogP) is 3.23. The van der Waals surface area contributed by atoms with Gasteiger partial charge in [-0.1, -0.05) is 17.4 Å². The Morgan fingerprint density at radius 2 is 2.13 bits per heavy atom. The maximum atomic E-state index is 13.1. The second-order valence-corrected chi connectivity index (χ2v) is 6.82. The summed E-state index contributed by atoms with van der Waals surface area (Å²) in [5, 5.41) is 0.547. The van der Waals surface area contributed by atoms with Crippen LogP contribution >= 0.6 is 11.3 Å². The third kappa shape index (κ3) is 2.99. The number of thiazole rings is 1. The zero-order valence-electron chi connectivity index (χ0n) is 12.7. The number of anilines is 1. The molecule has 1 saturated heterocycles. The van der Waals surface area contributed by atoms with E-state index in [2.05, 4.69) is 4.98 Å². The summed E-state index contributed by atoms with van der Waals surface area (Å²) >= 11 is 1.24. The van der Waals surface area contributed by atoms with Crippen molar-refractivity contribution in [2.24, 2.45) is 5.92 Å². The number of hydrogen-bond donors (Lipinski definition) is 0. The van der Waals surface area contributed by atoms with Gasteiger partial charge in [-0.15, -0.1) is 0 Å². The summed E-state index contributed by atoms with van der Waals surface area (Å²) in [5.41, 5.74) is -0.722. The summed E-state index contributed by atoms with van der Waals surface area (Å²) in [4.78, 5) is 19.7. The van der Waals surface area contributed by atoms with Crippen molar-refractivity contribution in [3.8, 4) is 0 Å². The van der Waals surface area contributed by atoms with Gasteiger partial charge in [0.2, 0.25) is 5.91 Å². The number of rotatable bonds is 2. The number of benzene rings is 1. The Balaban J connectivity index is 1.89. The number of para-hydroxylation sites is 1. The Bertz CT molecular complexity index is 741. The van der Waals surface area contributed by atoms with E-state index in [9.17, 15) is 18.0 Å². The largest absolute Gasteiger partial charge is 0.418 e. The first-order valence-electron chi connectivity index (χ1n) is 7.20. The lowest BCUT2D eigenvalue weighted by molar-refractivity contribution is -0.136.